The van der Waals surface area contributed by atoms with Gasteiger partial charge in [0.15, 0.2) is 11.5 Å². The predicted molar refractivity (Wildman–Crippen MR) is 107 cm³/mol. The molecule has 0 aromatic heterocycles. The highest BCUT2D eigenvalue weighted by atomic mass is 16.5. The third-order valence-electron chi connectivity index (χ3n) is 4.67. The van der Waals surface area contributed by atoms with E-state index in [0.29, 0.717) is 35.7 Å². The molecule has 152 valence electrons. The van der Waals surface area contributed by atoms with Crippen LogP contribution in [0.1, 0.15) is 33.6 Å². The minimum atomic E-state index is -0.627. The van der Waals surface area contributed by atoms with Crippen molar-refractivity contribution in [2.24, 2.45) is 0 Å². The Labute approximate surface area is 168 Å². The first kappa shape index (κ1) is 20.2. The standard InChI is InChI=1S/C21H22N2O6/c1-27-17-11-15(21(26)29-3)16(12-18(17)28-2)22-20(25)13-6-4-7-14(10-13)23-9-5-8-19(23)24/h4,6-7,10-12H,5,8-9H2,1-3H3,(H,22,25). The molecule has 1 fully saturated rings. The maximum atomic E-state index is 12.8. The summed E-state index contributed by atoms with van der Waals surface area (Å²) in [7, 11) is 4.15. The summed E-state index contributed by atoms with van der Waals surface area (Å²) < 4.78 is 15.3. The lowest BCUT2D eigenvalue weighted by Gasteiger charge is -2.17. The van der Waals surface area contributed by atoms with Crippen LogP contribution in [0, 0.1) is 0 Å². The topological polar surface area (TPSA) is 94.2 Å². The fourth-order valence-corrected chi connectivity index (χ4v) is 3.19. The molecule has 0 atom stereocenters. The number of benzene rings is 2. The lowest BCUT2D eigenvalue weighted by atomic mass is 10.1. The van der Waals surface area contributed by atoms with Crippen LogP contribution in [0.4, 0.5) is 11.4 Å². The van der Waals surface area contributed by atoms with E-state index < -0.39 is 11.9 Å². The zero-order chi connectivity index (χ0) is 21.0. The Balaban J connectivity index is 1.92. The largest absolute Gasteiger partial charge is 0.493 e. The molecule has 0 spiro atoms. The quantitative estimate of drug-likeness (QED) is 0.752. The number of hydrogen-bond donors (Lipinski definition) is 1. The van der Waals surface area contributed by atoms with Crippen molar-refractivity contribution in [3.63, 3.8) is 0 Å². The number of nitrogens with one attached hydrogen (secondary N) is 1. The number of esters is 1. The van der Waals surface area contributed by atoms with Gasteiger partial charge in [0.2, 0.25) is 5.91 Å². The minimum Gasteiger partial charge on any atom is -0.493 e. The second-order valence-electron chi connectivity index (χ2n) is 6.40. The summed E-state index contributed by atoms with van der Waals surface area (Å²) in [5.41, 5.74) is 1.37. The lowest BCUT2D eigenvalue weighted by Crippen LogP contribution is -2.24. The molecule has 0 radical (unpaired) electrons. The number of ether oxygens (including phenoxy) is 3. The molecule has 2 aromatic carbocycles. The number of hydrogen-bond acceptors (Lipinski definition) is 6. The summed E-state index contributed by atoms with van der Waals surface area (Å²) in [6.07, 6.45) is 1.30. The van der Waals surface area contributed by atoms with Gasteiger partial charge in [0.05, 0.1) is 32.6 Å². The molecule has 1 N–H and O–H groups in total. The maximum Gasteiger partial charge on any atom is 0.340 e. The van der Waals surface area contributed by atoms with E-state index in [0.717, 1.165) is 6.42 Å². The third kappa shape index (κ3) is 4.16. The van der Waals surface area contributed by atoms with Gasteiger partial charge in [0.1, 0.15) is 0 Å². The van der Waals surface area contributed by atoms with E-state index >= 15 is 0 Å². The number of anilines is 2. The number of rotatable bonds is 6. The Morgan fingerprint density at radius 1 is 1.03 bits per heavy atom. The highest BCUT2D eigenvalue weighted by molar-refractivity contribution is 6.09. The Hall–Kier alpha value is -3.55. The molecule has 0 saturated carbocycles. The average Bonchev–Trinajstić information content (AvgIpc) is 3.18. The predicted octanol–water partition coefficient (Wildman–Crippen LogP) is 2.87. The minimum absolute atomic E-state index is 0.0374. The Kier molecular flexibility index (Phi) is 6.01. The van der Waals surface area contributed by atoms with Crippen LogP contribution in [-0.2, 0) is 9.53 Å². The van der Waals surface area contributed by atoms with Gasteiger partial charge in [-0.05, 0) is 24.6 Å². The summed E-state index contributed by atoms with van der Waals surface area (Å²) in [6.45, 7) is 0.631. The van der Waals surface area contributed by atoms with Crippen LogP contribution in [0.25, 0.3) is 0 Å². The Morgan fingerprint density at radius 3 is 2.38 bits per heavy atom. The molecule has 1 saturated heterocycles. The van der Waals surface area contributed by atoms with Gasteiger partial charge in [0.25, 0.3) is 5.91 Å². The van der Waals surface area contributed by atoms with Gasteiger partial charge in [0, 0.05) is 36.3 Å². The van der Waals surface area contributed by atoms with Crippen molar-refractivity contribution in [3.05, 3.63) is 47.5 Å². The van der Waals surface area contributed by atoms with Crippen LogP contribution < -0.4 is 19.7 Å². The monoisotopic (exact) mass is 398 g/mol. The van der Waals surface area contributed by atoms with E-state index in [9.17, 15) is 14.4 Å². The first-order chi connectivity index (χ1) is 14.0. The maximum absolute atomic E-state index is 12.8. The highest BCUT2D eigenvalue weighted by Gasteiger charge is 2.23. The van der Waals surface area contributed by atoms with Crippen molar-refractivity contribution in [1.29, 1.82) is 0 Å². The van der Waals surface area contributed by atoms with Gasteiger partial charge in [-0.1, -0.05) is 6.07 Å². The molecule has 0 bridgehead atoms. The van der Waals surface area contributed by atoms with Gasteiger partial charge < -0.3 is 24.4 Å². The van der Waals surface area contributed by atoms with E-state index in [4.69, 9.17) is 14.2 Å². The molecule has 3 rings (SSSR count). The van der Waals surface area contributed by atoms with Crippen LogP contribution in [0.15, 0.2) is 36.4 Å². The molecular weight excluding hydrogens is 376 g/mol. The van der Waals surface area contributed by atoms with E-state index in [1.54, 1.807) is 29.2 Å². The molecule has 0 unspecified atom stereocenters. The second kappa shape index (κ2) is 8.64. The average molecular weight is 398 g/mol. The highest BCUT2D eigenvalue weighted by Crippen LogP contribution is 2.34. The normalized spacial score (nSPS) is 13.2. The molecule has 1 aliphatic heterocycles. The summed E-state index contributed by atoms with van der Waals surface area (Å²) >= 11 is 0. The Bertz CT molecular complexity index is 956. The molecule has 2 amide bonds. The van der Waals surface area contributed by atoms with E-state index in [-0.39, 0.29) is 17.2 Å². The van der Waals surface area contributed by atoms with Crippen LogP contribution in [0.2, 0.25) is 0 Å². The number of nitrogens with zero attached hydrogens (tertiary/aromatic N) is 1. The molecular formula is C21H22N2O6. The van der Waals surface area contributed by atoms with Crippen molar-refractivity contribution in [1.82, 2.24) is 0 Å². The number of carbonyl (C=O) groups is 3. The zero-order valence-electron chi connectivity index (χ0n) is 16.5. The van der Waals surface area contributed by atoms with Crippen molar-refractivity contribution >= 4 is 29.2 Å². The van der Waals surface area contributed by atoms with Gasteiger partial charge in [-0.25, -0.2) is 4.79 Å². The van der Waals surface area contributed by atoms with E-state index in [1.165, 1.54) is 33.5 Å². The molecule has 1 aliphatic rings. The lowest BCUT2D eigenvalue weighted by molar-refractivity contribution is -0.117. The third-order valence-corrected chi connectivity index (χ3v) is 4.67. The second-order valence-corrected chi connectivity index (χ2v) is 6.40. The van der Waals surface area contributed by atoms with Crippen LogP contribution in [0.3, 0.4) is 0 Å². The van der Waals surface area contributed by atoms with Crippen molar-refractivity contribution < 1.29 is 28.6 Å². The molecule has 0 aliphatic carbocycles. The van der Waals surface area contributed by atoms with E-state index in [1.807, 2.05) is 0 Å². The molecule has 2 aromatic rings. The fourth-order valence-electron chi connectivity index (χ4n) is 3.19. The fraction of sp³-hybridized carbons (Fsp3) is 0.286. The summed E-state index contributed by atoms with van der Waals surface area (Å²) in [5.74, 6) is -0.337. The van der Waals surface area contributed by atoms with E-state index in [2.05, 4.69) is 5.32 Å². The molecule has 8 nitrogen and oxygen atoms in total. The van der Waals surface area contributed by atoms with Gasteiger partial charge in [-0.3, -0.25) is 9.59 Å². The van der Waals surface area contributed by atoms with Crippen molar-refractivity contribution in [3.8, 4) is 11.5 Å². The van der Waals surface area contributed by atoms with Gasteiger partial charge in [-0.2, -0.15) is 0 Å². The Morgan fingerprint density at radius 2 is 1.76 bits per heavy atom. The molecule has 8 heteroatoms. The van der Waals surface area contributed by atoms with Gasteiger partial charge in [-0.15, -0.1) is 0 Å². The van der Waals surface area contributed by atoms with Gasteiger partial charge >= 0.3 is 5.97 Å². The molecule has 29 heavy (non-hydrogen) atoms. The molecule has 1 heterocycles. The SMILES string of the molecule is COC(=O)c1cc(OC)c(OC)cc1NC(=O)c1cccc(N2CCCC2=O)c1. The number of amides is 2. The van der Waals surface area contributed by atoms with Crippen LogP contribution in [-0.4, -0.2) is 45.7 Å². The smallest absolute Gasteiger partial charge is 0.340 e. The van der Waals surface area contributed by atoms with Crippen LogP contribution >= 0.6 is 0 Å². The first-order valence-electron chi connectivity index (χ1n) is 9.04. The van der Waals surface area contributed by atoms with Crippen molar-refractivity contribution in [2.45, 2.75) is 12.8 Å². The summed E-state index contributed by atoms with van der Waals surface area (Å²) in [4.78, 5) is 38.6. The summed E-state index contributed by atoms with van der Waals surface area (Å²) in [5, 5.41) is 2.72. The summed E-state index contributed by atoms with van der Waals surface area (Å²) in [6, 6.07) is 9.73. The van der Waals surface area contributed by atoms with Crippen LogP contribution in [0.5, 0.6) is 11.5 Å². The zero-order valence-corrected chi connectivity index (χ0v) is 16.5. The number of methoxy groups -OCH3 is 3. The number of carbonyl (C=O) groups excluding carboxylic acids is 3. The first-order valence-corrected chi connectivity index (χ1v) is 9.04. The van der Waals surface area contributed by atoms with Crippen molar-refractivity contribution in [2.75, 3.05) is 38.1 Å².